The molecule has 0 spiro atoms. The molecule has 0 saturated carbocycles. The lowest BCUT2D eigenvalue weighted by Crippen LogP contribution is -2.32. The van der Waals surface area contributed by atoms with Gasteiger partial charge in [0.1, 0.15) is 6.61 Å². The Kier molecular flexibility index (Phi) is 8.69. The maximum Gasteiger partial charge on any atom is 0.330 e. The first kappa shape index (κ1) is 14.2. The van der Waals surface area contributed by atoms with Gasteiger partial charge in [-0.1, -0.05) is 13.8 Å². The van der Waals surface area contributed by atoms with Crippen molar-refractivity contribution in [2.45, 2.75) is 33.1 Å². The summed E-state index contributed by atoms with van der Waals surface area (Å²) in [6.07, 6.45) is -3.64. The van der Waals surface area contributed by atoms with Gasteiger partial charge in [-0.3, -0.25) is 0 Å². The molecule has 0 heterocycles. The molecule has 0 N–H and O–H groups in total. The van der Waals surface area contributed by atoms with Gasteiger partial charge >= 0.3 is 12.3 Å². The van der Waals surface area contributed by atoms with Crippen molar-refractivity contribution >= 4 is 0 Å². The van der Waals surface area contributed by atoms with E-state index in [1.807, 2.05) is 13.8 Å². The van der Waals surface area contributed by atoms with E-state index in [4.69, 9.17) is 0 Å². The van der Waals surface area contributed by atoms with Gasteiger partial charge in [0.15, 0.2) is 0 Å². The summed E-state index contributed by atoms with van der Waals surface area (Å²) in [5, 5.41) is 0. The lowest BCUT2D eigenvalue weighted by Gasteiger charge is -2.13. The van der Waals surface area contributed by atoms with E-state index in [1.54, 1.807) is 0 Å². The summed E-state index contributed by atoms with van der Waals surface area (Å²) < 4.78 is 50.5. The summed E-state index contributed by atoms with van der Waals surface area (Å²) in [6, 6.07) is 0. The molecule has 0 atom stereocenters. The maximum atomic E-state index is 11.9. The molecule has 0 aromatic heterocycles. The highest BCUT2D eigenvalue weighted by molar-refractivity contribution is 4.67. The predicted molar refractivity (Wildman–Crippen MR) is 38.8 cm³/mol. The average molecular weight is 190 g/mol. The maximum absolute atomic E-state index is 11.9. The third kappa shape index (κ3) is 6.39. The van der Waals surface area contributed by atoms with Crippen molar-refractivity contribution in [3.63, 3.8) is 0 Å². The summed E-state index contributed by atoms with van der Waals surface area (Å²) in [4.78, 5) is 0. The van der Waals surface area contributed by atoms with Crippen LogP contribution in [0.15, 0.2) is 0 Å². The van der Waals surface area contributed by atoms with Gasteiger partial charge in [-0.05, 0) is 6.92 Å². The molecule has 0 aliphatic heterocycles. The summed E-state index contributed by atoms with van der Waals surface area (Å²) in [6.45, 7) is 4.27. The topological polar surface area (TPSA) is 9.23 Å². The van der Waals surface area contributed by atoms with Gasteiger partial charge in [-0.2, -0.15) is 8.78 Å². The Morgan fingerprint density at radius 2 is 1.67 bits per heavy atom. The van der Waals surface area contributed by atoms with E-state index in [1.165, 1.54) is 6.92 Å². The molecule has 0 unspecified atom stereocenters. The summed E-state index contributed by atoms with van der Waals surface area (Å²) in [7, 11) is 0. The van der Waals surface area contributed by atoms with Crippen molar-refractivity contribution in [3.8, 4) is 0 Å². The molecular formula is C7H14F4O. The van der Waals surface area contributed by atoms with Crippen LogP contribution in [0.1, 0.15) is 20.8 Å². The molecule has 0 radical (unpaired) electrons. The number of ether oxygens (including phenoxy) is 1. The summed E-state index contributed by atoms with van der Waals surface area (Å²) in [5.41, 5.74) is 0. The monoisotopic (exact) mass is 190 g/mol. The summed E-state index contributed by atoms with van der Waals surface area (Å²) in [5.74, 6) is -4.00. The van der Waals surface area contributed by atoms with E-state index >= 15 is 0 Å². The number of alkyl halides is 4. The van der Waals surface area contributed by atoms with Gasteiger partial charge in [-0.15, -0.1) is 0 Å². The lowest BCUT2D eigenvalue weighted by molar-refractivity contribution is -0.164. The van der Waals surface area contributed by atoms with Crippen LogP contribution in [0.3, 0.4) is 0 Å². The Bertz CT molecular complexity index is 95.4. The molecule has 0 aromatic rings. The van der Waals surface area contributed by atoms with Gasteiger partial charge in [0.25, 0.3) is 0 Å². The SMILES string of the molecule is CC.CCOCC(F)(F)C(F)F. The minimum atomic E-state index is -4.00. The van der Waals surface area contributed by atoms with E-state index in [9.17, 15) is 17.6 Å². The molecular weight excluding hydrogens is 176 g/mol. The van der Waals surface area contributed by atoms with Crippen LogP contribution in [0.5, 0.6) is 0 Å². The molecule has 0 bridgehead atoms. The van der Waals surface area contributed by atoms with E-state index in [0.29, 0.717) is 0 Å². The fourth-order valence-electron chi connectivity index (χ4n) is 0.301. The van der Waals surface area contributed by atoms with Crippen molar-refractivity contribution < 1.29 is 22.3 Å². The molecule has 0 fully saturated rings. The van der Waals surface area contributed by atoms with Crippen LogP contribution in [0.25, 0.3) is 0 Å². The molecule has 1 nitrogen and oxygen atoms in total. The van der Waals surface area contributed by atoms with Crippen LogP contribution < -0.4 is 0 Å². The third-order valence-electron chi connectivity index (χ3n) is 0.818. The first-order valence-corrected chi connectivity index (χ1v) is 3.74. The standard InChI is InChI=1S/C5H8F4O.C2H6/c1-2-10-3-5(8,9)4(6)7;1-2/h4H,2-3H2,1H3;1-2H3. The second kappa shape index (κ2) is 7.34. The number of halogens is 4. The van der Waals surface area contributed by atoms with Gasteiger partial charge < -0.3 is 4.74 Å². The molecule has 0 aliphatic rings. The zero-order valence-electron chi connectivity index (χ0n) is 7.41. The van der Waals surface area contributed by atoms with Crippen molar-refractivity contribution in [1.29, 1.82) is 0 Å². The minimum Gasteiger partial charge on any atom is -0.375 e. The molecule has 0 aliphatic carbocycles. The summed E-state index contributed by atoms with van der Waals surface area (Å²) >= 11 is 0. The van der Waals surface area contributed by atoms with E-state index in [0.717, 1.165) is 0 Å². The highest BCUT2D eigenvalue weighted by atomic mass is 19.3. The Morgan fingerprint density at radius 1 is 1.25 bits per heavy atom. The normalized spacial score (nSPS) is 11.0. The first-order valence-electron chi connectivity index (χ1n) is 3.74. The number of hydrogen-bond acceptors (Lipinski definition) is 1. The van der Waals surface area contributed by atoms with Crippen molar-refractivity contribution in [2.24, 2.45) is 0 Å². The fraction of sp³-hybridized carbons (Fsp3) is 1.00. The van der Waals surface area contributed by atoms with Gasteiger partial charge in [0.2, 0.25) is 0 Å². The second-order valence-electron chi connectivity index (χ2n) is 1.70. The highest BCUT2D eigenvalue weighted by Crippen LogP contribution is 2.22. The van der Waals surface area contributed by atoms with Crippen LogP contribution in [-0.4, -0.2) is 25.6 Å². The van der Waals surface area contributed by atoms with Crippen LogP contribution in [-0.2, 0) is 4.74 Å². The molecule has 0 amide bonds. The molecule has 5 heteroatoms. The number of rotatable bonds is 4. The Hall–Kier alpha value is -0.320. The lowest BCUT2D eigenvalue weighted by atomic mass is 10.4. The van der Waals surface area contributed by atoms with Gasteiger partial charge in [0.05, 0.1) is 0 Å². The Labute approximate surface area is 69.7 Å². The predicted octanol–water partition coefficient (Wildman–Crippen LogP) is 2.95. The zero-order chi connectivity index (χ0) is 10.2. The van der Waals surface area contributed by atoms with Crippen LogP contribution >= 0.6 is 0 Å². The smallest absolute Gasteiger partial charge is 0.330 e. The molecule has 0 saturated heterocycles. The van der Waals surface area contributed by atoms with Crippen molar-refractivity contribution in [3.05, 3.63) is 0 Å². The quantitative estimate of drug-likeness (QED) is 0.619. The van der Waals surface area contributed by atoms with Crippen molar-refractivity contribution in [2.75, 3.05) is 13.2 Å². The number of hydrogen-bond donors (Lipinski definition) is 0. The first-order chi connectivity index (χ1) is 5.50. The molecule has 0 aromatic carbocycles. The molecule has 12 heavy (non-hydrogen) atoms. The van der Waals surface area contributed by atoms with Crippen LogP contribution in [0, 0.1) is 0 Å². The Morgan fingerprint density at radius 3 is 1.92 bits per heavy atom. The minimum absolute atomic E-state index is 0.0162. The fourth-order valence-corrected chi connectivity index (χ4v) is 0.301. The largest absolute Gasteiger partial charge is 0.375 e. The third-order valence-corrected chi connectivity index (χ3v) is 0.818. The van der Waals surface area contributed by atoms with Crippen LogP contribution in [0.4, 0.5) is 17.6 Å². The second-order valence-corrected chi connectivity index (χ2v) is 1.70. The van der Waals surface area contributed by atoms with E-state index in [-0.39, 0.29) is 6.61 Å². The van der Waals surface area contributed by atoms with Crippen molar-refractivity contribution in [1.82, 2.24) is 0 Å². The average Bonchev–Trinajstić information content (AvgIpc) is 2.04. The molecule has 0 rings (SSSR count). The van der Waals surface area contributed by atoms with E-state index < -0.39 is 19.0 Å². The highest BCUT2D eigenvalue weighted by Gasteiger charge is 2.40. The van der Waals surface area contributed by atoms with Gasteiger partial charge in [-0.25, -0.2) is 8.78 Å². The van der Waals surface area contributed by atoms with E-state index in [2.05, 4.69) is 4.74 Å². The molecule has 76 valence electrons. The Balaban J connectivity index is 0. The zero-order valence-corrected chi connectivity index (χ0v) is 7.41. The van der Waals surface area contributed by atoms with Gasteiger partial charge in [0, 0.05) is 6.61 Å². The van der Waals surface area contributed by atoms with Crippen LogP contribution in [0.2, 0.25) is 0 Å².